The normalized spacial score (nSPS) is 21.2. The molecular formula is C15H31NO3Si. The molecule has 0 unspecified atom stereocenters. The maximum absolute atomic E-state index is 12.0. The predicted octanol–water partition coefficient (Wildman–Crippen LogP) is 4.02. The Hall–Kier alpha value is -0.553. The zero-order valence-electron chi connectivity index (χ0n) is 14.4. The number of hydrogen-bond donors (Lipinski definition) is 0. The van der Waals surface area contributed by atoms with Gasteiger partial charge >= 0.3 is 6.09 Å². The average molecular weight is 302 g/mol. The van der Waals surface area contributed by atoms with Gasteiger partial charge in [0.05, 0.1) is 6.10 Å². The molecule has 1 heterocycles. The van der Waals surface area contributed by atoms with E-state index >= 15 is 0 Å². The van der Waals surface area contributed by atoms with Crippen LogP contribution in [-0.4, -0.2) is 44.1 Å². The van der Waals surface area contributed by atoms with E-state index in [-0.39, 0.29) is 17.2 Å². The third kappa shape index (κ3) is 4.77. The number of nitrogens with zero attached hydrogens (tertiary/aromatic N) is 1. The van der Waals surface area contributed by atoms with Crippen LogP contribution in [0.15, 0.2) is 0 Å². The van der Waals surface area contributed by atoms with E-state index in [1.807, 2.05) is 20.8 Å². The van der Waals surface area contributed by atoms with Crippen LogP contribution in [0.5, 0.6) is 0 Å². The molecular weight excluding hydrogens is 270 g/mol. The summed E-state index contributed by atoms with van der Waals surface area (Å²) in [4.78, 5) is 13.8. The maximum atomic E-state index is 12.0. The smallest absolute Gasteiger partial charge is 0.410 e. The number of likely N-dealkylation sites (tertiary alicyclic amines) is 1. The van der Waals surface area contributed by atoms with E-state index in [9.17, 15) is 4.79 Å². The molecule has 0 aromatic rings. The zero-order chi connectivity index (χ0) is 15.8. The highest BCUT2D eigenvalue weighted by molar-refractivity contribution is 6.74. The molecule has 4 nitrogen and oxygen atoms in total. The van der Waals surface area contributed by atoms with Gasteiger partial charge in [-0.15, -0.1) is 0 Å². The van der Waals surface area contributed by atoms with Crippen molar-refractivity contribution in [3.05, 3.63) is 0 Å². The lowest BCUT2D eigenvalue weighted by molar-refractivity contribution is 0.0273. The van der Waals surface area contributed by atoms with E-state index < -0.39 is 13.9 Å². The number of rotatable bonds is 2. The molecule has 1 aliphatic heterocycles. The van der Waals surface area contributed by atoms with Crippen molar-refractivity contribution in [1.29, 1.82) is 0 Å². The molecule has 1 aliphatic rings. The van der Waals surface area contributed by atoms with Crippen molar-refractivity contribution < 1.29 is 14.0 Å². The van der Waals surface area contributed by atoms with Crippen molar-refractivity contribution in [1.82, 2.24) is 4.90 Å². The SMILES string of the molecule is CC(C)(C)OC(=O)N1CC[C@H](O[Si](C)(C)C(C)(C)C)C1. The summed E-state index contributed by atoms with van der Waals surface area (Å²) in [5, 5.41) is 0.201. The topological polar surface area (TPSA) is 38.8 Å². The van der Waals surface area contributed by atoms with Crippen LogP contribution in [0.1, 0.15) is 48.0 Å². The largest absolute Gasteiger partial charge is 0.444 e. The van der Waals surface area contributed by atoms with Crippen molar-refractivity contribution in [2.24, 2.45) is 0 Å². The molecule has 1 rings (SSSR count). The summed E-state index contributed by atoms with van der Waals surface area (Å²) in [5.74, 6) is 0. The molecule has 0 aromatic heterocycles. The number of carbonyl (C=O) groups excluding carboxylic acids is 1. The van der Waals surface area contributed by atoms with Gasteiger partial charge in [0.2, 0.25) is 0 Å². The number of carbonyl (C=O) groups is 1. The summed E-state index contributed by atoms with van der Waals surface area (Å²) in [5.41, 5.74) is -0.435. The molecule has 0 aliphatic carbocycles. The first kappa shape index (κ1) is 17.5. The average Bonchev–Trinajstić information content (AvgIpc) is 2.60. The van der Waals surface area contributed by atoms with Crippen LogP contribution in [-0.2, 0) is 9.16 Å². The van der Waals surface area contributed by atoms with E-state index in [1.54, 1.807) is 4.90 Å². The Bertz CT molecular complexity index is 355. The van der Waals surface area contributed by atoms with Crippen molar-refractivity contribution in [3.63, 3.8) is 0 Å². The van der Waals surface area contributed by atoms with E-state index in [1.165, 1.54) is 0 Å². The molecule has 0 aromatic carbocycles. The zero-order valence-corrected chi connectivity index (χ0v) is 15.4. The van der Waals surface area contributed by atoms with Crippen molar-refractivity contribution in [2.75, 3.05) is 13.1 Å². The Labute approximate surface area is 124 Å². The van der Waals surface area contributed by atoms with Gasteiger partial charge < -0.3 is 14.1 Å². The Kier molecular flexibility index (Phi) is 4.97. The monoisotopic (exact) mass is 301 g/mol. The second-order valence-corrected chi connectivity index (χ2v) is 13.0. The molecule has 1 amide bonds. The Morgan fingerprint density at radius 1 is 1.15 bits per heavy atom. The summed E-state index contributed by atoms with van der Waals surface area (Å²) in [6.45, 7) is 18.3. The molecule has 1 saturated heterocycles. The van der Waals surface area contributed by atoms with Crippen LogP contribution in [0, 0.1) is 0 Å². The highest BCUT2D eigenvalue weighted by Crippen LogP contribution is 2.38. The minimum absolute atomic E-state index is 0.156. The van der Waals surface area contributed by atoms with Crippen molar-refractivity contribution >= 4 is 14.4 Å². The molecule has 5 heteroatoms. The lowest BCUT2D eigenvalue weighted by atomic mass is 10.2. The molecule has 1 fully saturated rings. The molecule has 1 atom stereocenters. The quantitative estimate of drug-likeness (QED) is 0.723. The second kappa shape index (κ2) is 5.68. The van der Waals surface area contributed by atoms with Gasteiger partial charge in [0.25, 0.3) is 0 Å². The summed E-state index contributed by atoms with van der Waals surface area (Å²) in [6, 6.07) is 0. The highest BCUT2D eigenvalue weighted by atomic mass is 28.4. The van der Waals surface area contributed by atoms with Crippen LogP contribution in [0.4, 0.5) is 4.79 Å². The molecule has 0 spiro atoms. The molecule has 118 valence electrons. The van der Waals surface area contributed by atoms with E-state index in [4.69, 9.17) is 9.16 Å². The number of amides is 1. The molecule has 0 radical (unpaired) electrons. The van der Waals surface area contributed by atoms with Gasteiger partial charge in [-0.3, -0.25) is 0 Å². The Morgan fingerprint density at radius 2 is 1.70 bits per heavy atom. The lowest BCUT2D eigenvalue weighted by Gasteiger charge is -2.38. The van der Waals surface area contributed by atoms with E-state index in [0.29, 0.717) is 6.54 Å². The van der Waals surface area contributed by atoms with Crippen molar-refractivity contribution in [2.45, 2.75) is 77.8 Å². The minimum atomic E-state index is -1.76. The van der Waals surface area contributed by atoms with Gasteiger partial charge in [-0.05, 0) is 45.3 Å². The summed E-state index contributed by atoms with van der Waals surface area (Å²) in [7, 11) is -1.76. The predicted molar refractivity (Wildman–Crippen MR) is 84.5 cm³/mol. The standard InChI is InChI=1S/C15H31NO3Si/c1-14(2,3)18-13(17)16-10-9-12(11-16)19-20(7,8)15(4,5)6/h12H,9-11H2,1-8H3/t12-/m0/s1. The van der Waals surface area contributed by atoms with Crippen molar-refractivity contribution in [3.8, 4) is 0 Å². The van der Waals surface area contributed by atoms with Crippen LogP contribution >= 0.6 is 0 Å². The fraction of sp³-hybridized carbons (Fsp3) is 0.933. The maximum Gasteiger partial charge on any atom is 0.410 e. The molecule has 0 saturated carbocycles. The number of hydrogen-bond acceptors (Lipinski definition) is 3. The fourth-order valence-corrected chi connectivity index (χ4v) is 3.29. The summed E-state index contributed by atoms with van der Waals surface area (Å²) in [6.07, 6.45) is 0.841. The van der Waals surface area contributed by atoms with Gasteiger partial charge in [0.15, 0.2) is 8.32 Å². The molecule has 0 bridgehead atoms. The first-order valence-corrected chi connectivity index (χ1v) is 10.4. The first-order valence-electron chi connectivity index (χ1n) is 7.47. The minimum Gasteiger partial charge on any atom is -0.444 e. The molecule has 0 N–H and O–H groups in total. The highest BCUT2D eigenvalue weighted by Gasteiger charge is 2.41. The van der Waals surface area contributed by atoms with Gasteiger partial charge in [-0.25, -0.2) is 4.79 Å². The van der Waals surface area contributed by atoms with Gasteiger partial charge in [-0.1, -0.05) is 20.8 Å². The first-order chi connectivity index (χ1) is 8.82. The lowest BCUT2D eigenvalue weighted by Crippen LogP contribution is -2.45. The van der Waals surface area contributed by atoms with Crippen LogP contribution in [0.25, 0.3) is 0 Å². The third-order valence-corrected chi connectivity index (χ3v) is 8.60. The summed E-state index contributed by atoms with van der Waals surface area (Å²) < 4.78 is 11.8. The van der Waals surface area contributed by atoms with Gasteiger partial charge in [0.1, 0.15) is 5.60 Å². The van der Waals surface area contributed by atoms with E-state index in [2.05, 4.69) is 33.9 Å². The fourth-order valence-electron chi connectivity index (χ4n) is 1.91. The molecule has 20 heavy (non-hydrogen) atoms. The Balaban J connectivity index is 2.54. The Morgan fingerprint density at radius 3 is 2.15 bits per heavy atom. The van der Waals surface area contributed by atoms with E-state index in [0.717, 1.165) is 13.0 Å². The number of ether oxygens (including phenoxy) is 1. The van der Waals surface area contributed by atoms with Crippen LogP contribution < -0.4 is 0 Å². The summed E-state index contributed by atoms with van der Waals surface area (Å²) >= 11 is 0. The third-order valence-electron chi connectivity index (χ3n) is 4.06. The van der Waals surface area contributed by atoms with Crippen LogP contribution in [0.3, 0.4) is 0 Å². The van der Waals surface area contributed by atoms with Crippen LogP contribution in [0.2, 0.25) is 18.1 Å². The van der Waals surface area contributed by atoms with Gasteiger partial charge in [0, 0.05) is 13.1 Å². The van der Waals surface area contributed by atoms with Gasteiger partial charge in [-0.2, -0.15) is 0 Å². The second-order valence-electron chi connectivity index (χ2n) is 8.22.